The van der Waals surface area contributed by atoms with Gasteiger partial charge in [-0.15, -0.1) is 0 Å². The van der Waals surface area contributed by atoms with Crippen molar-refractivity contribution in [1.82, 2.24) is 10.1 Å². The molecule has 1 atom stereocenters. The third-order valence-electron chi connectivity index (χ3n) is 2.86. The van der Waals surface area contributed by atoms with Gasteiger partial charge in [-0.25, -0.2) is 4.79 Å². The number of ether oxygens (including phenoxy) is 1. The van der Waals surface area contributed by atoms with Gasteiger partial charge < -0.3 is 9.26 Å². The highest BCUT2D eigenvalue weighted by molar-refractivity contribution is 5.69. The minimum atomic E-state index is -0.471. The molecule has 1 aliphatic rings. The SMILES string of the molecule is Cc1cc(C2CCCN2C(=O)OC(C)(C)C)on1. The lowest BCUT2D eigenvalue weighted by Crippen LogP contribution is -2.36. The molecule has 0 saturated carbocycles. The van der Waals surface area contributed by atoms with Crippen LogP contribution in [0.5, 0.6) is 0 Å². The smallest absolute Gasteiger partial charge is 0.410 e. The lowest BCUT2D eigenvalue weighted by atomic mass is 10.1. The van der Waals surface area contributed by atoms with Crippen molar-refractivity contribution in [3.63, 3.8) is 0 Å². The van der Waals surface area contributed by atoms with Crippen molar-refractivity contribution in [3.05, 3.63) is 17.5 Å². The molecule has 18 heavy (non-hydrogen) atoms. The van der Waals surface area contributed by atoms with E-state index < -0.39 is 5.60 Å². The molecule has 1 fully saturated rings. The van der Waals surface area contributed by atoms with E-state index in [0.29, 0.717) is 6.54 Å². The summed E-state index contributed by atoms with van der Waals surface area (Å²) < 4.78 is 10.7. The predicted molar refractivity (Wildman–Crippen MR) is 66.2 cm³/mol. The Labute approximate surface area is 107 Å². The first kappa shape index (κ1) is 12.9. The Morgan fingerprint density at radius 1 is 1.56 bits per heavy atom. The van der Waals surface area contributed by atoms with Crippen molar-refractivity contribution in [3.8, 4) is 0 Å². The van der Waals surface area contributed by atoms with E-state index >= 15 is 0 Å². The summed E-state index contributed by atoms with van der Waals surface area (Å²) in [4.78, 5) is 13.8. The number of aromatic nitrogens is 1. The van der Waals surface area contributed by atoms with Crippen LogP contribution in [0, 0.1) is 6.92 Å². The van der Waals surface area contributed by atoms with Gasteiger partial charge >= 0.3 is 6.09 Å². The van der Waals surface area contributed by atoms with Crippen molar-refractivity contribution < 1.29 is 14.1 Å². The van der Waals surface area contributed by atoms with Crippen LogP contribution in [0.25, 0.3) is 0 Å². The first-order valence-corrected chi connectivity index (χ1v) is 6.29. The standard InChI is InChI=1S/C13H20N2O3/c1-9-8-11(18-14-9)10-6-5-7-15(10)12(16)17-13(2,3)4/h8,10H,5-7H2,1-4H3. The molecule has 1 saturated heterocycles. The van der Waals surface area contributed by atoms with Crippen LogP contribution >= 0.6 is 0 Å². The lowest BCUT2D eigenvalue weighted by Gasteiger charge is -2.27. The van der Waals surface area contributed by atoms with E-state index in [1.165, 1.54) is 0 Å². The summed E-state index contributed by atoms with van der Waals surface area (Å²) in [6.07, 6.45) is 1.58. The van der Waals surface area contributed by atoms with Gasteiger partial charge in [-0.3, -0.25) is 4.90 Å². The quantitative estimate of drug-likeness (QED) is 0.770. The number of likely N-dealkylation sites (tertiary alicyclic amines) is 1. The highest BCUT2D eigenvalue weighted by Crippen LogP contribution is 2.33. The minimum absolute atomic E-state index is 0.0407. The van der Waals surface area contributed by atoms with Crippen LogP contribution in [0.3, 0.4) is 0 Å². The van der Waals surface area contributed by atoms with Gasteiger partial charge in [-0.2, -0.15) is 0 Å². The summed E-state index contributed by atoms with van der Waals surface area (Å²) >= 11 is 0. The molecule has 1 aromatic heterocycles. The molecule has 1 amide bonds. The molecule has 5 heteroatoms. The molecule has 0 aromatic carbocycles. The van der Waals surface area contributed by atoms with Crippen LogP contribution in [-0.4, -0.2) is 28.3 Å². The Bertz CT molecular complexity index is 434. The molecule has 2 rings (SSSR count). The highest BCUT2D eigenvalue weighted by atomic mass is 16.6. The van der Waals surface area contributed by atoms with Crippen LogP contribution in [0.1, 0.15) is 51.1 Å². The zero-order valence-corrected chi connectivity index (χ0v) is 11.4. The Morgan fingerprint density at radius 2 is 2.28 bits per heavy atom. The molecule has 0 N–H and O–H groups in total. The topological polar surface area (TPSA) is 55.6 Å². The second-order valence-electron chi connectivity index (χ2n) is 5.70. The largest absolute Gasteiger partial charge is 0.444 e. The van der Waals surface area contributed by atoms with E-state index in [0.717, 1.165) is 24.3 Å². The van der Waals surface area contributed by atoms with Crippen LogP contribution in [0.4, 0.5) is 4.79 Å². The Balaban J connectivity index is 2.10. The van der Waals surface area contributed by atoms with Gasteiger partial charge in [0.25, 0.3) is 0 Å². The number of carbonyl (C=O) groups excluding carboxylic acids is 1. The Hall–Kier alpha value is -1.52. The maximum Gasteiger partial charge on any atom is 0.410 e. The second-order valence-corrected chi connectivity index (χ2v) is 5.70. The molecule has 100 valence electrons. The molecule has 0 spiro atoms. The monoisotopic (exact) mass is 252 g/mol. The van der Waals surface area contributed by atoms with Gasteiger partial charge in [-0.05, 0) is 40.5 Å². The van der Waals surface area contributed by atoms with Crippen LogP contribution in [-0.2, 0) is 4.74 Å². The third-order valence-corrected chi connectivity index (χ3v) is 2.86. The van der Waals surface area contributed by atoms with Gasteiger partial charge in [0.05, 0.1) is 11.7 Å². The second kappa shape index (κ2) is 4.63. The zero-order chi connectivity index (χ0) is 13.3. The molecular formula is C13H20N2O3. The third kappa shape index (κ3) is 2.83. The van der Waals surface area contributed by atoms with Crippen LogP contribution in [0.2, 0.25) is 0 Å². The number of hydrogen-bond donors (Lipinski definition) is 0. The number of carbonyl (C=O) groups is 1. The van der Waals surface area contributed by atoms with Crippen molar-refractivity contribution in [2.45, 2.75) is 52.2 Å². The average Bonchev–Trinajstić information content (AvgIpc) is 2.81. The summed E-state index contributed by atoms with van der Waals surface area (Å²) in [6, 6.07) is 1.84. The van der Waals surface area contributed by atoms with Crippen LogP contribution < -0.4 is 0 Å². The maximum atomic E-state index is 12.1. The normalized spacial score (nSPS) is 20.2. The van der Waals surface area contributed by atoms with Crippen molar-refractivity contribution in [2.24, 2.45) is 0 Å². The molecule has 0 bridgehead atoms. The minimum Gasteiger partial charge on any atom is -0.444 e. The van der Waals surface area contributed by atoms with Gasteiger partial charge in [0, 0.05) is 12.6 Å². The summed E-state index contributed by atoms with van der Waals surface area (Å²) in [6.45, 7) is 8.19. The van der Waals surface area contributed by atoms with Gasteiger partial charge in [0.15, 0.2) is 5.76 Å². The van der Waals surface area contributed by atoms with Crippen molar-refractivity contribution >= 4 is 6.09 Å². The molecule has 1 unspecified atom stereocenters. The molecule has 2 heterocycles. The molecular weight excluding hydrogens is 232 g/mol. The van der Waals surface area contributed by atoms with Gasteiger partial charge in [0.2, 0.25) is 0 Å². The number of aryl methyl sites for hydroxylation is 1. The molecule has 0 radical (unpaired) electrons. The fourth-order valence-corrected chi connectivity index (χ4v) is 2.14. The van der Waals surface area contributed by atoms with E-state index in [4.69, 9.17) is 9.26 Å². The van der Waals surface area contributed by atoms with E-state index in [-0.39, 0.29) is 12.1 Å². The number of nitrogens with zero attached hydrogens (tertiary/aromatic N) is 2. The van der Waals surface area contributed by atoms with Gasteiger partial charge in [-0.1, -0.05) is 5.16 Å². The Morgan fingerprint density at radius 3 is 2.83 bits per heavy atom. The number of rotatable bonds is 1. The molecule has 1 aromatic rings. The fraction of sp³-hybridized carbons (Fsp3) is 0.692. The Kier molecular flexibility index (Phi) is 3.32. The number of amides is 1. The fourth-order valence-electron chi connectivity index (χ4n) is 2.14. The van der Waals surface area contributed by atoms with Crippen LogP contribution in [0.15, 0.2) is 10.6 Å². The summed E-state index contributed by atoms with van der Waals surface area (Å²) in [5.41, 5.74) is 0.364. The highest BCUT2D eigenvalue weighted by Gasteiger charge is 2.35. The lowest BCUT2D eigenvalue weighted by molar-refractivity contribution is 0.0204. The first-order valence-electron chi connectivity index (χ1n) is 6.29. The molecule has 0 aliphatic carbocycles. The van der Waals surface area contributed by atoms with E-state index in [9.17, 15) is 4.79 Å². The summed E-state index contributed by atoms with van der Waals surface area (Å²) in [5.74, 6) is 0.746. The summed E-state index contributed by atoms with van der Waals surface area (Å²) in [7, 11) is 0. The zero-order valence-electron chi connectivity index (χ0n) is 11.4. The van der Waals surface area contributed by atoms with Crippen molar-refractivity contribution in [2.75, 3.05) is 6.54 Å². The van der Waals surface area contributed by atoms with Gasteiger partial charge in [0.1, 0.15) is 5.60 Å². The van der Waals surface area contributed by atoms with E-state index in [1.54, 1.807) is 4.90 Å². The summed E-state index contributed by atoms with van der Waals surface area (Å²) in [5, 5.41) is 3.88. The molecule has 1 aliphatic heterocycles. The predicted octanol–water partition coefficient (Wildman–Crippen LogP) is 3.06. The first-order chi connectivity index (χ1) is 8.37. The average molecular weight is 252 g/mol. The van der Waals surface area contributed by atoms with E-state index in [1.807, 2.05) is 33.8 Å². The maximum absolute atomic E-state index is 12.1. The van der Waals surface area contributed by atoms with Crippen molar-refractivity contribution in [1.29, 1.82) is 0 Å². The number of hydrogen-bond acceptors (Lipinski definition) is 4. The van der Waals surface area contributed by atoms with E-state index in [2.05, 4.69) is 5.16 Å². The molecule has 5 nitrogen and oxygen atoms in total.